The maximum absolute atomic E-state index is 12.6. The van der Waals surface area contributed by atoms with Gasteiger partial charge in [0.1, 0.15) is 0 Å². The number of rotatable bonds is 3. The third kappa shape index (κ3) is 4.08. The number of carbonyl (C=O) groups excluding carboxylic acids is 1. The van der Waals surface area contributed by atoms with Gasteiger partial charge in [0.15, 0.2) is 0 Å². The number of alkyl halides is 3. The second kappa shape index (κ2) is 6.71. The van der Waals surface area contributed by atoms with E-state index < -0.39 is 17.4 Å². The van der Waals surface area contributed by atoms with Crippen molar-refractivity contribution in [2.45, 2.75) is 12.7 Å². The molecule has 2 N–H and O–H groups in total. The Labute approximate surface area is 140 Å². The smallest absolute Gasteiger partial charge is 0.333 e. The van der Waals surface area contributed by atoms with E-state index in [1.807, 2.05) is 0 Å². The number of halogens is 3. The van der Waals surface area contributed by atoms with Gasteiger partial charge >= 0.3 is 11.9 Å². The first-order valence-electron chi connectivity index (χ1n) is 7.65. The number of piperazine rings is 1. The standard InChI is InChI=1S/C15H16F3N5O2/c16-15(17,18)11-3-1-10(2-4-11)9-22-5-7-23(8-6-22)13(24)12-19-14(25)21-20-12/h1-4H,5-9H2,(H2,19,20,21,25). The Kier molecular flexibility index (Phi) is 4.62. The van der Waals surface area contributed by atoms with E-state index in [1.165, 1.54) is 12.1 Å². The molecule has 0 saturated carbocycles. The lowest BCUT2D eigenvalue weighted by atomic mass is 10.1. The quantitative estimate of drug-likeness (QED) is 0.863. The van der Waals surface area contributed by atoms with Crippen LogP contribution < -0.4 is 5.69 Å². The average Bonchev–Trinajstić information content (AvgIpc) is 3.01. The molecule has 10 heteroatoms. The molecule has 1 aromatic heterocycles. The zero-order valence-corrected chi connectivity index (χ0v) is 13.1. The van der Waals surface area contributed by atoms with Gasteiger partial charge in [0, 0.05) is 32.7 Å². The van der Waals surface area contributed by atoms with E-state index in [2.05, 4.69) is 20.1 Å². The molecule has 0 spiro atoms. The summed E-state index contributed by atoms with van der Waals surface area (Å²) in [5, 5.41) is 5.76. The second-order valence-electron chi connectivity index (χ2n) is 5.79. The summed E-state index contributed by atoms with van der Waals surface area (Å²) in [4.78, 5) is 29.1. The highest BCUT2D eigenvalue weighted by atomic mass is 19.4. The summed E-state index contributed by atoms with van der Waals surface area (Å²) in [6.07, 6.45) is -4.34. The number of aromatic amines is 2. The minimum Gasteiger partial charge on any atom is -0.333 e. The van der Waals surface area contributed by atoms with Gasteiger partial charge in [-0.25, -0.2) is 9.89 Å². The Morgan fingerprint density at radius 3 is 2.28 bits per heavy atom. The summed E-state index contributed by atoms with van der Waals surface area (Å²) in [7, 11) is 0. The van der Waals surface area contributed by atoms with Gasteiger partial charge in [0.25, 0.3) is 5.91 Å². The van der Waals surface area contributed by atoms with Crippen LogP contribution in [0, 0.1) is 0 Å². The van der Waals surface area contributed by atoms with Gasteiger partial charge in [-0.3, -0.25) is 14.7 Å². The maximum atomic E-state index is 12.6. The molecular weight excluding hydrogens is 339 g/mol. The van der Waals surface area contributed by atoms with Crippen molar-refractivity contribution in [3.05, 3.63) is 51.7 Å². The number of hydrogen-bond donors (Lipinski definition) is 2. The van der Waals surface area contributed by atoms with E-state index >= 15 is 0 Å². The molecule has 25 heavy (non-hydrogen) atoms. The second-order valence-corrected chi connectivity index (χ2v) is 5.79. The van der Waals surface area contributed by atoms with Crippen molar-refractivity contribution >= 4 is 5.91 Å². The van der Waals surface area contributed by atoms with Crippen LogP contribution in [-0.2, 0) is 12.7 Å². The highest BCUT2D eigenvalue weighted by molar-refractivity contribution is 5.90. The monoisotopic (exact) mass is 355 g/mol. The lowest BCUT2D eigenvalue weighted by molar-refractivity contribution is -0.137. The minimum atomic E-state index is -4.34. The summed E-state index contributed by atoms with van der Waals surface area (Å²) in [6, 6.07) is 5.08. The molecule has 1 amide bonds. The predicted octanol–water partition coefficient (Wildman–Crippen LogP) is 1.07. The largest absolute Gasteiger partial charge is 0.416 e. The van der Waals surface area contributed by atoms with Crippen LogP contribution in [0.15, 0.2) is 29.1 Å². The van der Waals surface area contributed by atoms with Crippen LogP contribution in [0.25, 0.3) is 0 Å². The van der Waals surface area contributed by atoms with Crippen LogP contribution in [0.3, 0.4) is 0 Å². The number of carbonyl (C=O) groups is 1. The minimum absolute atomic E-state index is 0.0267. The van der Waals surface area contributed by atoms with Crippen molar-refractivity contribution in [2.24, 2.45) is 0 Å². The molecule has 2 heterocycles. The fraction of sp³-hybridized carbons (Fsp3) is 0.400. The summed E-state index contributed by atoms with van der Waals surface area (Å²) >= 11 is 0. The molecule has 0 aliphatic carbocycles. The van der Waals surface area contributed by atoms with Crippen LogP contribution in [0.2, 0.25) is 0 Å². The summed E-state index contributed by atoms with van der Waals surface area (Å²) in [5.74, 6) is -0.381. The Bertz CT molecular complexity index is 788. The molecule has 0 unspecified atom stereocenters. The van der Waals surface area contributed by atoms with Crippen molar-refractivity contribution in [3.8, 4) is 0 Å². The summed E-state index contributed by atoms with van der Waals surface area (Å²) in [5.41, 5.74) is -0.423. The fourth-order valence-corrected chi connectivity index (χ4v) is 2.69. The van der Waals surface area contributed by atoms with Crippen LogP contribution >= 0.6 is 0 Å². The van der Waals surface area contributed by atoms with E-state index in [1.54, 1.807) is 4.90 Å². The predicted molar refractivity (Wildman–Crippen MR) is 81.8 cm³/mol. The Morgan fingerprint density at radius 2 is 1.76 bits per heavy atom. The molecular formula is C15H16F3N5O2. The molecule has 1 aromatic carbocycles. The first kappa shape index (κ1) is 17.2. The number of amides is 1. The van der Waals surface area contributed by atoms with Gasteiger partial charge in [0.05, 0.1) is 5.56 Å². The molecule has 0 radical (unpaired) electrons. The van der Waals surface area contributed by atoms with E-state index in [9.17, 15) is 22.8 Å². The van der Waals surface area contributed by atoms with Gasteiger partial charge in [-0.15, -0.1) is 5.10 Å². The topological polar surface area (TPSA) is 85.1 Å². The Morgan fingerprint density at radius 1 is 1.12 bits per heavy atom. The third-order valence-electron chi connectivity index (χ3n) is 4.05. The molecule has 1 aliphatic heterocycles. The van der Waals surface area contributed by atoms with Crippen molar-refractivity contribution in [1.82, 2.24) is 25.0 Å². The first-order valence-corrected chi connectivity index (χ1v) is 7.65. The van der Waals surface area contributed by atoms with Crippen LogP contribution in [-0.4, -0.2) is 57.1 Å². The van der Waals surface area contributed by atoms with Gasteiger partial charge < -0.3 is 4.90 Å². The van der Waals surface area contributed by atoms with Crippen LogP contribution in [0.4, 0.5) is 13.2 Å². The normalized spacial score (nSPS) is 16.2. The summed E-state index contributed by atoms with van der Waals surface area (Å²) in [6.45, 7) is 2.59. The molecule has 1 saturated heterocycles. The highest BCUT2D eigenvalue weighted by Gasteiger charge is 2.30. The molecule has 1 aliphatic rings. The molecule has 3 rings (SSSR count). The lowest BCUT2D eigenvalue weighted by Gasteiger charge is -2.34. The maximum Gasteiger partial charge on any atom is 0.416 e. The molecule has 1 fully saturated rings. The van der Waals surface area contributed by atoms with E-state index in [4.69, 9.17) is 0 Å². The molecule has 2 aromatic rings. The first-order chi connectivity index (χ1) is 11.8. The Balaban J connectivity index is 1.54. The number of hydrogen-bond acceptors (Lipinski definition) is 4. The molecule has 7 nitrogen and oxygen atoms in total. The van der Waals surface area contributed by atoms with Crippen molar-refractivity contribution in [1.29, 1.82) is 0 Å². The summed E-state index contributed by atoms with van der Waals surface area (Å²) < 4.78 is 37.7. The number of benzene rings is 1. The number of nitrogens with zero attached hydrogens (tertiary/aromatic N) is 3. The number of H-pyrrole nitrogens is 2. The third-order valence-corrected chi connectivity index (χ3v) is 4.05. The van der Waals surface area contributed by atoms with E-state index in [0.717, 1.165) is 17.7 Å². The zero-order chi connectivity index (χ0) is 18.0. The van der Waals surface area contributed by atoms with Crippen molar-refractivity contribution in [2.75, 3.05) is 26.2 Å². The van der Waals surface area contributed by atoms with Crippen molar-refractivity contribution in [3.63, 3.8) is 0 Å². The van der Waals surface area contributed by atoms with Crippen LogP contribution in [0.5, 0.6) is 0 Å². The number of aromatic nitrogens is 3. The van der Waals surface area contributed by atoms with Crippen LogP contribution in [0.1, 0.15) is 21.7 Å². The van der Waals surface area contributed by atoms with Gasteiger partial charge in [0.2, 0.25) is 5.82 Å². The molecule has 0 atom stereocenters. The zero-order valence-electron chi connectivity index (χ0n) is 13.1. The highest BCUT2D eigenvalue weighted by Crippen LogP contribution is 2.29. The van der Waals surface area contributed by atoms with Gasteiger partial charge in [-0.05, 0) is 17.7 Å². The lowest BCUT2D eigenvalue weighted by Crippen LogP contribution is -2.48. The van der Waals surface area contributed by atoms with Gasteiger partial charge in [-0.2, -0.15) is 13.2 Å². The van der Waals surface area contributed by atoms with E-state index in [0.29, 0.717) is 32.7 Å². The number of nitrogens with one attached hydrogen (secondary N) is 2. The fourth-order valence-electron chi connectivity index (χ4n) is 2.69. The molecule has 0 bridgehead atoms. The average molecular weight is 355 g/mol. The molecule has 134 valence electrons. The van der Waals surface area contributed by atoms with Crippen molar-refractivity contribution < 1.29 is 18.0 Å². The van der Waals surface area contributed by atoms with E-state index in [-0.39, 0.29) is 11.7 Å². The Hall–Kier alpha value is -2.62. The SMILES string of the molecule is O=C(c1n[nH]c(=O)[nH]1)N1CCN(Cc2ccc(C(F)(F)F)cc2)CC1. The van der Waals surface area contributed by atoms with Gasteiger partial charge in [-0.1, -0.05) is 12.1 Å².